The van der Waals surface area contributed by atoms with Gasteiger partial charge in [-0.05, 0) is 53.6 Å². The Morgan fingerprint density at radius 3 is 2.54 bits per heavy atom. The molecule has 1 fully saturated rings. The minimum absolute atomic E-state index is 0.00422. The van der Waals surface area contributed by atoms with E-state index in [1.807, 2.05) is 0 Å². The van der Waals surface area contributed by atoms with Crippen molar-refractivity contribution in [3.05, 3.63) is 82.3 Å². The van der Waals surface area contributed by atoms with E-state index in [4.69, 9.17) is 22.1 Å². The third-order valence-electron chi connectivity index (χ3n) is 5.70. The number of rotatable bonds is 8. The molecule has 3 N–H and O–H groups in total. The largest absolute Gasteiger partial charge is 0.507 e. The Kier molecular flexibility index (Phi) is 8.27. The first-order valence-corrected chi connectivity index (χ1v) is 12.5. The van der Waals surface area contributed by atoms with Gasteiger partial charge in [0.05, 0.1) is 12.0 Å². The average Bonchev–Trinajstić information content (AvgIpc) is 3.15. The number of hydrogen-bond acceptors (Lipinski definition) is 7. The molecule has 12 heteroatoms. The van der Waals surface area contributed by atoms with Crippen LogP contribution >= 0.6 is 24.0 Å². The number of carbonyl (C=O) groups excluding carboxylic acids is 2. The van der Waals surface area contributed by atoms with Crippen molar-refractivity contribution in [2.45, 2.75) is 6.42 Å². The summed E-state index contributed by atoms with van der Waals surface area (Å²) >= 11 is 6.39. The number of thioether (sulfide) groups is 1. The maximum absolute atomic E-state index is 13.8. The Morgan fingerprint density at radius 2 is 1.87 bits per heavy atom. The highest BCUT2D eigenvalue weighted by molar-refractivity contribution is 8.26. The topological polar surface area (TPSA) is 116 Å². The third-order valence-corrected chi connectivity index (χ3v) is 7.08. The second-order valence-corrected chi connectivity index (χ2v) is 9.93. The number of nitrogens with zero attached hydrogens (tertiary/aromatic N) is 1. The van der Waals surface area contributed by atoms with Gasteiger partial charge in [0, 0.05) is 30.3 Å². The molecule has 1 saturated heterocycles. The number of methoxy groups -OCH3 is 1. The molecule has 1 aliphatic rings. The van der Waals surface area contributed by atoms with Crippen molar-refractivity contribution >= 4 is 57.8 Å². The third kappa shape index (κ3) is 6.24. The molecule has 0 saturated carbocycles. The van der Waals surface area contributed by atoms with Crippen molar-refractivity contribution in [2.75, 3.05) is 19.0 Å². The Balaban J connectivity index is 1.46. The summed E-state index contributed by atoms with van der Waals surface area (Å²) < 4.78 is 32.9. The first-order valence-electron chi connectivity index (χ1n) is 11.3. The quantitative estimate of drug-likeness (QED) is 0.248. The molecular formula is C27H20F2N2O6S2. The van der Waals surface area contributed by atoms with E-state index in [0.717, 1.165) is 36.0 Å². The molecule has 4 rings (SSSR count). The lowest BCUT2D eigenvalue weighted by Gasteiger charge is -2.14. The smallest absolute Gasteiger partial charge is 0.339 e. The van der Waals surface area contributed by atoms with E-state index in [-0.39, 0.29) is 28.5 Å². The maximum atomic E-state index is 13.8. The number of aromatic carboxylic acids is 1. The number of anilines is 1. The summed E-state index contributed by atoms with van der Waals surface area (Å²) in [5, 5.41) is 21.3. The highest BCUT2D eigenvalue weighted by atomic mass is 32.2. The van der Waals surface area contributed by atoms with Gasteiger partial charge in [-0.15, -0.1) is 0 Å². The molecule has 2 amide bonds. The van der Waals surface area contributed by atoms with Crippen LogP contribution in [0.2, 0.25) is 0 Å². The molecule has 3 aromatic rings. The van der Waals surface area contributed by atoms with Crippen LogP contribution in [0.4, 0.5) is 14.5 Å². The molecule has 0 radical (unpaired) electrons. The molecule has 1 heterocycles. The predicted octanol–water partition coefficient (Wildman–Crippen LogP) is 5.27. The van der Waals surface area contributed by atoms with Gasteiger partial charge in [-0.3, -0.25) is 14.5 Å². The highest BCUT2D eigenvalue weighted by Crippen LogP contribution is 2.36. The van der Waals surface area contributed by atoms with E-state index in [1.165, 1.54) is 24.1 Å². The lowest BCUT2D eigenvalue weighted by molar-refractivity contribution is -0.122. The van der Waals surface area contributed by atoms with Crippen LogP contribution in [0.1, 0.15) is 22.3 Å². The standard InChI is InChI=1S/C27H20F2N2O6S2/c1-37-22-7-2-14(10-18(22)15-3-6-19(28)20(29)12-15)11-23-25(34)31(27(38)39-23)9-8-24(33)30-16-4-5-17(26(35)36)21(32)13-16/h2-7,10-13,32H,8-9H2,1H3,(H,30,33)(H,35,36)/b23-11-. The molecule has 0 spiro atoms. The fourth-order valence-corrected chi connectivity index (χ4v) is 5.08. The van der Waals surface area contributed by atoms with E-state index in [1.54, 1.807) is 24.3 Å². The number of nitrogens with one attached hydrogen (secondary N) is 1. The molecule has 0 aliphatic carbocycles. The van der Waals surface area contributed by atoms with Crippen LogP contribution in [0.25, 0.3) is 17.2 Å². The molecule has 0 bridgehead atoms. The first kappa shape index (κ1) is 27.7. The summed E-state index contributed by atoms with van der Waals surface area (Å²) in [5.41, 5.74) is 1.39. The monoisotopic (exact) mass is 570 g/mol. The average molecular weight is 571 g/mol. The Bertz CT molecular complexity index is 1540. The second-order valence-electron chi connectivity index (χ2n) is 8.26. The molecule has 8 nitrogen and oxygen atoms in total. The molecule has 1 aliphatic heterocycles. The van der Waals surface area contributed by atoms with E-state index in [9.17, 15) is 28.3 Å². The SMILES string of the molecule is COc1ccc(/C=C2\SC(=S)N(CCC(=O)Nc3ccc(C(=O)O)c(O)c3)C2=O)cc1-c1ccc(F)c(F)c1. The number of aromatic hydroxyl groups is 1. The van der Waals surface area contributed by atoms with E-state index >= 15 is 0 Å². The first-order chi connectivity index (χ1) is 18.6. The number of benzene rings is 3. The van der Waals surface area contributed by atoms with Gasteiger partial charge in [0.1, 0.15) is 21.4 Å². The predicted molar refractivity (Wildman–Crippen MR) is 147 cm³/mol. The normalized spacial score (nSPS) is 14.1. The van der Waals surface area contributed by atoms with Crippen LogP contribution in [0.5, 0.6) is 11.5 Å². The molecule has 3 aromatic carbocycles. The number of ether oxygens (including phenoxy) is 1. The number of carbonyl (C=O) groups is 3. The number of phenols is 1. The summed E-state index contributed by atoms with van der Waals surface area (Å²) in [4.78, 5) is 38.0. The van der Waals surface area contributed by atoms with Gasteiger partial charge in [-0.1, -0.05) is 36.1 Å². The zero-order valence-corrected chi connectivity index (χ0v) is 21.9. The zero-order chi connectivity index (χ0) is 28.3. The number of thiocarbonyl (C=S) groups is 1. The van der Waals surface area contributed by atoms with Crippen molar-refractivity contribution in [1.82, 2.24) is 4.90 Å². The molecule has 39 heavy (non-hydrogen) atoms. The number of hydrogen-bond donors (Lipinski definition) is 3. The van der Waals surface area contributed by atoms with Crippen molar-refractivity contribution in [3.63, 3.8) is 0 Å². The number of amides is 2. The lowest BCUT2D eigenvalue weighted by atomic mass is 10.0. The van der Waals surface area contributed by atoms with E-state index < -0.39 is 35.2 Å². The van der Waals surface area contributed by atoms with Crippen LogP contribution in [0, 0.1) is 11.6 Å². The van der Waals surface area contributed by atoms with Gasteiger partial charge in [-0.25, -0.2) is 13.6 Å². The van der Waals surface area contributed by atoms with Gasteiger partial charge in [0.15, 0.2) is 11.6 Å². The molecule has 200 valence electrons. The van der Waals surface area contributed by atoms with Crippen LogP contribution < -0.4 is 10.1 Å². The van der Waals surface area contributed by atoms with Crippen LogP contribution in [0.15, 0.2) is 59.5 Å². The number of halogens is 2. The lowest BCUT2D eigenvalue weighted by Crippen LogP contribution is -2.31. The molecule has 0 atom stereocenters. The molecule has 0 unspecified atom stereocenters. The van der Waals surface area contributed by atoms with Gasteiger partial charge >= 0.3 is 5.97 Å². The minimum Gasteiger partial charge on any atom is -0.507 e. The molecule has 0 aromatic heterocycles. The summed E-state index contributed by atoms with van der Waals surface area (Å²) in [7, 11) is 1.45. The van der Waals surface area contributed by atoms with E-state index in [0.29, 0.717) is 27.3 Å². The second kappa shape index (κ2) is 11.6. The van der Waals surface area contributed by atoms with E-state index in [2.05, 4.69) is 5.32 Å². The summed E-state index contributed by atoms with van der Waals surface area (Å²) in [6.07, 6.45) is 1.50. The maximum Gasteiger partial charge on any atom is 0.339 e. The summed E-state index contributed by atoms with van der Waals surface area (Å²) in [6, 6.07) is 12.1. The van der Waals surface area contributed by atoms with Crippen LogP contribution in [-0.4, -0.2) is 50.9 Å². The molecular weight excluding hydrogens is 550 g/mol. The zero-order valence-electron chi connectivity index (χ0n) is 20.2. The van der Waals surface area contributed by atoms with Crippen molar-refractivity contribution in [3.8, 4) is 22.6 Å². The minimum atomic E-state index is -1.30. The van der Waals surface area contributed by atoms with Crippen molar-refractivity contribution < 1.29 is 38.1 Å². The number of carboxylic acids is 1. The van der Waals surface area contributed by atoms with Crippen molar-refractivity contribution in [2.24, 2.45) is 0 Å². The van der Waals surface area contributed by atoms with Crippen LogP contribution in [0.3, 0.4) is 0 Å². The van der Waals surface area contributed by atoms with Gasteiger partial charge in [0.2, 0.25) is 5.91 Å². The van der Waals surface area contributed by atoms with Gasteiger partial charge in [0.25, 0.3) is 5.91 Å². The van der Waals surface area contributed by atoms with Crippen molar-refractivity contribution in [1.29, 1.82) is 0 Å². The number of carboxylic acid groups (broad SMARTS) is 1. The summed E-state index contributed by atoms with van der Waals surface area (Å²) in [5.74, 6) is -4.20. The van der Waals surface area contributed by atoms with Gasteiger partial charge < -0.3 is 20.3 Å². The Morgan fingerprint density at radius 1 is 1.10 bits per heavy atom. The fraction of sp³-hybridized carbons (Fsp3) is 0.111. The highest BCUT2D eigenvalue weighted by Gasteiger charge is 2.32. The fourth-order valence-electron chi connectivity index (χ4n) is 3.78. The van der Waals surface area contributed by atoms with Gasteiger partial charge in [-0.2, -0.15) is 0 Å². The Labute approximate surface area is 230 Å². The van der Waals surface area contributed by atoms with Crippen LogP contribution in [-0.2, 0) is 9.59 Å². The Hall–Kier alpha value is -4.29. The summed E-state index contributed by atoms with van der Waals surface area (Å²) in [6.45, 7) is -0.00422.